The fraction of sp³-hybridized carbons (Fsp3) is 0.167. The van der Waals surface area contributed by atoms with E-state index in [0.717, 1.165) is 11.6 Å². The highest BCUT2D eigenvalue weighted by Gasteiger charge is 2.48. The molecule has 0 bridgehead atoms. The fourth-order valence-corrected chi connectivity index (χ4v) is 4.89. The lowest BCUT2D eigenvalue weighted by atomic mass is 9.98. The van der Waals surface area contributed by atoms with Gasteiger partial charge in [-0.15, -0.1) is 11.3 Å². The smallest absolute Gasteiger partial charge is 0.300 e. The number of hydrogen-bond acceptors (Lipinski definition) is 8. The van der Waals surface area contributed by atoms with Crippen LogP contribution in [0.4, 0.5) is 11.4 Å². The highest BCUT2D eigenvalue weighted by Crippen LogP contribution is 2.46. The summed E-state index contributed by atoms with van der Waals surface area (Å²) in [5.74, 6) is -1.41. The Bertz CT molecular complexity index is 1320. The topological polar surface area (TPSA) is 119 Å². The lowest BCUT2D eigenvalue weighted by Gasteiger charge is -2.25. The Balaban J connectivity index is 1.97. The minimum atomic E-state index is -0.948. The van der Waals surface area contributed by atoms with Gasteiger partial charge in [0, 0.05) is 40.8 Å². The minimum Gasteiger partial charge on any atom is -0.507 e. The molecule has 1 unspecified atom stereocenters. The maximum Gasteiger partial charge on any atom is 0.300 e. The molecule has 3 aromatic rings. The first-order chi connectivity index (χ1) is 16.3. The van der Waals surface area contributed by atoms with E-state index in [1.54, 1.807) is 18.2 Å². The van der Waals surface area contributed by atoms with E-state index in [1.807, 2.05) is 18.4 Å². The summed E-state index contributed by atoms with van der Waals surface area (Å²) in [5.41, 5.74) is 0.822. The summed E-state index contributed by atoms with van der Waals surface area (Å²) >= 11 is 1.33. The second-order valence-electron chi connectivity index (χ2n) is 7.52. The Morgan fingerprint density at radius 3 is 2.32 bits per heavy atom. The van der Waals surface area contributed by atoms with Crippen molar-refractivity contribution in [2.24, 2.45) is 0 Å². The molecule has 2 aromatic carbocycles. The van der Waals surface area contributed by atoms with Gasteiger partial charge in [0.05, 0.1) is 30.4 Å². The molecule has 0 aliphatic carbocycles. The van der Waals surface area contributed by atoms with Crippen molar-refractivity contribution in [2.75, 3.05) is 19.1 Å². The minimum absolute atomic E-state index is 0.0645. The van der Waals surface area contributed by atoms with Gasteiger partial charge in [0.15, 0.2) is 0 Å². The number of nitro benzene ring substituents is 1. The van der Waals surface area contributed by atoms with E-state index in [2.05, 4.69) is 0 Å². The van der Waals surface area contributed by atoms with Crippen LogP contribution in [0, 0.1) is 17.0 Å². The number of ketones is 1. The number of methoxy groups -OCH3 is 2. The third-order valence-electron chi connectivity index (χ3n) is 5.54. The van der Waals surface area contributed by atoms with Gasteiger partial charge in [0.1, 0.15) is 23.3 Å². The Morgan fingerprint density at radius 2 is 1.76 bits per heavy atom. The van der Waals surface area contributed by atoms with Gasteiger partial charge in [0.2, 0.25) is 0 Å². The van der Waals surface area contributed by atoms with Gasteiger partial charge in [-0.2, -0.15) is 0 Å². The number of benzene rings is 2. The molecule has 34 heavy (non-hydrogen) atoms. The molecule has 1 N–H and O–H groups in total. The second kappa shape index (κ2) is 8.99. The molecule has 174 valence electrons. The SMILES string of the molecule is COc1cc(OC)cc(N2C(=O)C(=O)/C(=C(\O)c3cccc([N+](=O)[O-])c3)C2c2sccc2C)c1. The molecular formula is C24H20N2O7S. The molecule has 2 heterocycles. The molecule has 0 spiro atoms. The van der Waals surface area contributed by atoms with Gasteiger partial charge in [0.25, 0.3) is 17.4 Å². The van der Waals surface area contributed by atoms with Crippen LogP contribution in [0.15, 0.2) is 59.5 Å². The molecule has 1 aromatic heterocycles. The molecule has 1 atom stereocenters. The largest absolute Gasteiger partial charge is 0.507 e. The molecule has 4 rings (SSSR count). The Morgan fingerprint density at radius 1 is 1.09 bits per heavy atom. The number of rotatable bonds is 6. The summed E-state index contributed by atoms with van der Waals surface area (Å²) in [6.07, 6.45) is 0. The van der Waals surface area contributed by atoms with E-state index in [-0.39, 0.29) is 16.8 Å². The number of thiophene rings is 1. The van der Waals surface area contributed by atoms with Crippen molar-refractivity contribution in [3.63, 3.8) is 0 Å². The van der Waals surface area contributed by atoms with Crippen molar-refractivity contribution in [1.29, 1.82) is 0 Å². The molecule has 0 radical (unpaired) electrons. The number of ether oxygens (including phenoxy) is 2. The highest BCUT2D eigenvalue weighted by atomic mass is 32.1. The van der Waals surface area contributed by atoms with Crippen LogP contribution in [-0.2, 0) is 9.59 Å². The molecule has 1 aliphatic rings. The van der Waals surface area contributed by atoms with Crippen molar-refractivity contribution >= 4 is 40.2 Å². The van der Waals surface area contributed by atoms with Crippen LogP contribution in [-0.4, -0.2) is 35.9 Å². The first-order valence-electron chi connectivity index (χ1n) is 10.1. The zero-order chi connectivity index (χ0) is 24.6. The monoisotopic (exact) mass is 480 g/mol. The average molecular weight is 480 g/mol. The highest BCUT2D eigenvalue weighted by molar-refractivity contribution is 7.10. The normalized spacial score (nSPS) is 17.1. The summed E-state index contributed by atoms with van der Waals surface area (Å²) in [5, 5.41) is 24.2. The van der Waals surface area contributed by atoms with Crippen LogP contribution >= 0.6 is 11.3 Å². The molecule has 1 aliphatic heterocycles. The van der Waals surface area contributed by atoms with Crippen molar-refractivity contribution in [1.82, 2.24) is 0 Å². The van der Waals surface area contributed by atoms with E-state index >= 15 is 0 Å². The van der Waals surface area contributed by atoms with Crippen LogP contribution in [0.25, 0.3) is 5.76 Å². The van der Waals surface area contributed by atoms with E-state index in [0.29, 0.717) is 22.1 Å². The number of carbonyl (C=O) groups is 2. The van der Waals surface area contributed by atoms with E-state index in [4.69, 9.17) is 9.47 Å². The van der Waals surface area contributed by atoms with Gasteiger partial charge < -0.3 is 14.6 Å². The molecule has 1 fully saturated rings. The number of amides is 1. The Labute approximate surface area is 198 Å². The van der Waals surface area contributed by atoms with Crippen LogP contribution in [0.2, 0.25) is 0 Å². The number of nitrogens with zero attached hydrogens (tertiary/aromatic N) is 2. The van der Waals surface area contributed by atoms with Crippen molar-refractivity contribution < 1.29 is 29.1 Å². The summed E-state index contributed by atoms with van der Waals surface area (Å²) in [6, 6.07) is 11.0. The van der Waals surface area contributed by atoms with Gasteiger partial charge in [-0.3, -0.25) is 24.6 Å². The number of non-ortho nitro benzene ring substituents is 1. The average Bonchev–Trinajstić information content (AvgIpc) is 3.38. The molecule has 1 saturated heterocycles. The predicted octanol–water partition coefficient (Wildman–Crippen LogP) is 4.61. The lowest BCUT2D eigenvalue weighted by Crippen LogP contribution is -2.29. The van der Waals surface area contributed by atoms with Crippen molar-refractivity contribution in [3.05, 3.63) is 85.6 Å². The molecular weight excluding hydrogens is 460 g/mol. The van der Waals surface area contributed by atoms with Gasteiger partial charge in [-0.1, -0.05) is 12.1 Å². The number of aryl methyl sites for hydroxylation is 1. The van der Waals surface area contributed by atoms with Crippen LogP contribution in [0.1, 0.15) is 22.0 Å². The number of carbonyl (C=O) groups excluding carboxylic acids is 2. The predicted molar refractivity (Wildman–Crippen MR) is 126 cm³/mol. The van der Waals surface area contributed by atoms with E-state index in [9.17, 15) is 24.8 Å². The number of Topliss-reactive ketones (excluding diaryl/α,β-unsaturated/α-hetero) is 1. The summed E-state index contributed by atoms with van der Waals surface area (Å²) < 4.78 is 10.6. The Hall–Kier alpha value is -4.18. The molecule has 9 nitrogen and oxygen atoms in total. The van der Waals surface area contributed by atoms with Crippen LogP contribution in [0.5, 0.6) is 11.5 Å². The fourth-order valence-electron chi connectivity index (χ4n) is 3.87. The van der Waals surface area contributed by atoms with Gasteiger partial charge in [-0.05, 0) is 23.9 Å². The van der Waals surface area contributed by atoms with Crippen LogP contribution in [0.3, 0.4) is 0 Å². The van der Waals surface area contributed by atoms with E-state index in [1.165, 1.54) is 48.7 Å². The number of nitro groups is 1. The Kier molecular flexibility index (Phi) is 6.08. The third-order valence-corrected chi connectivity index (χ3v) is 6.61. The molecule has 0 saturated carbocycles. The second-order valence-corrected chi connectivity index (χ2v) is 8.46. The van der Waals surface area contributed by atoms with Gasteiger partial charge >= 0.3 is 0 Å². The summed E-state index contributed by atoms with van der Waals surface area (Å²) in [6.45, 7) is 1.84. The third kappa shape index (κ3) is 3.88. The molecule has 1 amide bonds. The first kappa shape index (κ1) is 23.0. The maximum atomic E-state index is 13.3. The number of anilines is 1. The molecule has 10 heteroatoms. The number of aliphatic hydroxyl groups excluding tert-OH is 1. The van der Waals surface area contributed by atoms with Crippen molar-refractivity contribution in [2.45, 2.75) is 13.0 Å². The first-order valence-corrected chi connectivity index (χ1v) is 11.0. The number of aliphatic hydroxyl groups is 1. The zero-order valence-corrected chi connectivity index (χ0v) is 19.3. The standard InChI is InChI=1S/C24H20N2O7S/c1-13-7-8-34-23(13)20-19(21(27)14-5-4-6-15(9-14)26(30)31)22(28)24(29)25(20)16-10-17(32-2)12-18(11-16)33-3/h4-12,20,27H,1-3H3/b21-19-. The number of hydrogen-bond donors (Lipinski definition) is 1. The van der Waals surface area contributed by atoms with Gasteiger partial charge in [-0.25, -0.2) is 0 Å². The zero-order valence-electron chi connectivity index (χ0n) is 18.5. The quantitative estimate of drug-likeness (QED) is 0.180. The maximum absolute atomic E-state index is 13.3. The lowest BCUT2D eigenvalue weighted by molar-refractivity contribution is -0.384. The summed E-state index contributed by atoms with van der Waals surface area (Å²) in [4.78, 5) is 39.1. The van der Waals surface area contributed by atoms with Crippen LogP contribution < -0.4 is 14.4 Å². The van der Waals surface area contributed by atoms with Crippen molar-refractivity contribution in [3.8, 4) is 11.5 Å². The summed E-state index contributed by atoms with van der Waals surface area (Å²) in [7, 11) is 2.94. The van der Waals surface area contributed by atoms with E-state index < -0.39 is 28.4 Å².